The number of likely N-dealkylation sites (N-methyl/N-ethyl adjacent to an activating group) is 1. The molecule has 0 amide bonds. The number of aromatic hydroxyl groups is 1. The summed E-state index contributed by atoms with van der Waals surface area (Å²) in [4.78, 5) is 12.3. The van der Waals surface area contributed by atoms with Gasteiger partial charge in [-0.1, -0.05) is 0 Å². The van der Waals surface area contributed by atoms with Gasteiger partial charge in [0, 0.05) is 25.3 Å². The van der Waals surface area contributed by atoms with Crippen molar-refractivity contribution in [1.29, 1.82) is 0 Å². The first-order valence-electron chi connectivity index (χ1n) is 4.13. The lowest BCUT2D eigenvalue weighted by Gasteiger charge is -2.11. The number of rotatable bonds is 1. The van der Waals surface area contributed by atoms with Crippen molar-refractivity contribution >= 4 is 11.4 Å². The van der Waals surface area contributed by atoms with E-state index in [-0.39, 0.29) is 11.4 Å². The van der Waals surface area contributed by atoms with E-state index in [1.54, 1.807) is 12.1 Å². The molecule has 1 aliphatic rings. The molecule has 1 heterocycles. The first-order valence-corrected chi connectivity index (χ1v) is 4.13. The Morgan fingerprint density at radius 3 is 3.00 bits per heavy atom. The van der Waals surface area contributed by atoms with Crippen LogP contribution in [0.15, 0.2) is 17.3 Å². The van der Waals surface area contributed by atoms with Gasteiger partial charge in [-0.25, -0.2) is 0 Å². The minimum absolute atomic E-state index is 0.0394. The van der Waals surface area contributed by atoms with E-state index >= 15 is 0 Å². The highest BCUT2D eigenvalue weighted by Crippen LogP contribution is 2.37. The first-order chi connectivity index (χ1) is 6.22. The zero-order chi connectivity index (χ0) is 9.42. The van der Waals surface area contributed by atoms with Crippen molar-refractivity contribution in [3.05, 3.63) is 22.6 Å². The molecule has 4 heteroatoms. The standard InChI is InChI=1S/C9H10N2O2/c1-11-3-2-6-4-7(10-13)9(12)5-8(6)11/h4-5,12H,2-3H2,1H3. The summed E-state index contributed by atoms with van der Waals surface area (Å²) in [6.07, 6.45) is 0.911. The van der Waals surface area contributed by atoms with Crippen molar-refractivity contribution in [1.82, 2.24) is 0 Å². The number of nitrogens with zero attached hydrogens (tertiary/aromatic N) is 2. The molecule has 1 aromatic carbocycles. The molecule has 0 saturated carbocycles. The van der Waals surface area contributed by atoms with Crippen LogP contribution >= 0.6 is 0 Å². The SMILES string of the molecule is CN1CCc2cc(N=O)c(O)cc21. The molecular weight excluding hydrogens is 168 g/mol. The second-order valence-corrected chi connectivity index (χ2v) is 3.23. The molecule has 1 N–H and O–H groups in total. The van der Waals surface area contributed by atoms with Crippen LogP contribution in [0.3, 0.4) is 0 Å². The van der Waals surface area contributed by atoms with Gasteiger partial charge < -0.3 is 10.0 Å². The lowest BCUT2D eigenvalue weighted by Crippen LogP contribution is -2.12. The van der Waals surface area contributed by atoms with Crippen LogP contribution in [0.5, 0.6) is 5.75 Å². The van der Waals surface area contributed by atoms with Crippen LogP contribution in [0.1, 0.15) is 5.56 Å². The molecule has 13 heavy (non-hydrogen) atoms. The van der Waals surface area contributed by atoms with E-state index in [0.29, 0.717) is 0 Å². The van der Waals surface area contributed by atoms with E-state index < -0.39 is 0 Å². The van der Waals surface area contributed by atoms with Gasteiger partial charge in [-0.3, -0.25) is 0 Å². The molecule has 0 saturated heterocycles. The Morgan fingerprint density at radius 2 is 2.31 bits per heavy atom. The predicted octanol–water partition coefficient (Wildman–Crippen LogP) is 1.78. The van der Waals surface area contributed by atoms with Gasteiger partial charge in [0.2, 0.25) is 0 Å². The summed E-state index contributed by atoms with van der Waals surface area (Å²) >= 11 is 0. The molecule has 0 aliphatic carbocycles. The van der Waals surface area contributed by atoms with Crippen molar-refractivity contribution in [3.8, 4) is 5.75 Å². The van der Waals surface area contributed by atoms with E-state index in [2.05, 4.69) is 5.18 Å². The minimum Gasteiger partial charge on any atom is -0.505 e. The van der Waals surface area contributed by atoms with Crippen LogP contribution in [-0.2, 0) is 6.42 Å². The highest BCUT2D eigenvalue weighted by Gasteiger charge is 2.18. The molecule has 0 atom stereocenters. The number of hydrogen-bond donors (Lipinski definition) is 1. The quantitative estimate of drug-likeness (QED) is 0.667. The topological polar surface area (TPSA) is 52.9 Å². The fraction of sp³-hybridized carbons (Fsp3) is 0.333. The average Bonchev–Trinajstić information content (AvgIpc) is 2.47. The van der Waals surface area contributed by atoms with E-state index in [0.717, 1.165) is 24.2 Å². The van der Waals surface area contributed by atoms with E-state index in [9.17, 15) is 10.0 Å². The monoisotopic (exact) mass is 178 g/mol. The van der Waals surface area contributed by atoms with Gasteiger partial charge in [0.1, 0.15) is 11.4 Å². The number of nitroso groups, excluding NO2 is 1. The molecule has 1 aliphatic heterocycles. The van der Waals surface area contributed by atoms with Gasteiger partial charge in [-0.2, -0.15) is 0 Å². The fourth-order valence-electron chi connectivity index (χ4n) is 1.65. The Hall–Kier alpha value is -1.58. The lowest BCUT2D eigenvalue weighted by atomic mass is 10.1. The van der Waals surface area contributed by atoms with Crippen LogP contribution < -0.4 is 4.90 Å². The van der Waals surface area contributed by atoms with Crippen LogP contribution in [-0.4, -0.2) is 18.7 Å². The van der Waals surface area contributed by atoms with Crippen LogP contribution in [0.25, 0.3) is 0 Å². The number of anilines is 1. The first kappa shape index (κ1) is 8.04. The number of phenols is 1. The third kappa shape index (κ3) is 1.14. The second-order valence-electron chi connectivity index (χ2n) is 3.23. The third-order valence-corrected chi connectivity index (χ3v) is 2.40. The smallest absolute Gasteiger partial charge is 0.150 e. The zero-order valence-corrected chi connectivity index (χ0v) is 7.32. The number of fused-ring (bicyclic) bond motifs is 1. The van der Waals surface area contributed by atoms with E-state index in [1.807, 2.05) is 11.9 Å². The van der Waals surface area contributed by atoms with Gasteiger partial charge in [-0.15, -0.1) is 4.91 Å². The average molecular weight is 178 g/mol. The van der Waals surface area contributed by atoms with Gasteiger partial charge in [-0.05, 0) is 23.2 Å². The summed E-state index contributed by atoms with van der Waals surface area (Å²) < 4.78 is 0. The minimum atomic E-state index is -0.0394. The lowest BCUT2D eigenvalue weighted by molar-refractivity contribution is 0.477. The van der Waals surface area contributed by atoms with Gasteiger partial charge in [0.25, 0.3) is 0 Å². The molecule has 0 unspecified atom stereocenters. The van der Waals surface area contributed by atoms with Crippen LogP contribution in [0.4, 0.5) is 11.4 Å². The molecule has 0 aromatic heterocycles. The molecule has 0 bridgehead atoms. The number of phenolic OH excluding ortho intramolecular Hbond substituents is 1. The highest BCUT2D eigenvalue weighted by molar-refractivity contribution is 5.68. The normalized spacial score (nSPS) is 14.4. The summed E-state index contributed by atoms with van der Waals surface area (Å²) in [6.45, 7) is 0.928. The molecule has 4 nitrogen and oxygen atoms in total. The predicted molar refractivity (Wildman–Crippen MR) is 50.5 cm³/mol. The van der Waals surface area contributed by atoms with Crippen molar-refractivity contribution in [3.63, 3.8) is 0 Å². The van der Waals surface area contributed by atoms with Gasteiger partial charge in [0.15, 0.2) is 0 Å². The van der Waals surface area contributed by atoms with Crippen molar-refractivity contribution in [2.75, 3.05) is 18.5 Å². The largest absolute Gasteiger partial charge is 0.505 e. The molecule has 0 spiro atoms. The van der Waals surface area contributed by atoms with Gasteiger partial charge >= 0.3 is 0 Å². The molecule has 0 fully saturated rings. The molecule has 0 radical (unpaired) electrons. The maximum absolute atomic E-state index is 10.3. The van der Waals surface area contributed by atoms with Crippen molar-refractivity contribution < 1.29 is 5.11 Å². The number of hydrogen-bond acceptors (Lipinski definition) is 4. The summed E-state index contributed by atoms with van der Waals surface area (Å²) in [5, 5.41) is 12.1. The van der Waals surface area contributed by atoms with Crippen molar-refractivity contribution in [2.45, 2.75) is 6.42 Å². The summed E-state index contributed by atoms with van der Waals surface area (Å²) in [5.74, 6) is -0.0394. The van der Waals surface area contributed by atoms with Gasteiger partial charge in [0.05, 0.1) is 0 Å². The van der Waals surface area contributed by atoms with E-state index in [4.69, 9.17) is 0 Å². The molecule has 2 rings (SSSR count). The Labute approximate surface area is 75.8 Å². The second kappa shape index (κ2) is 2.73. The Kier molecular flexibility index (Phi) is 1.69. The van der Waals surface area contributed by atoms with Crippen LogP contribution in [0.2, 0.25) is 0 Å². The fourth-order valence-corrected chi connectivity index (χ4v) is 1.65. The Bertz CT molecular complexity index is 363. The maximum Gasteiger partial charge on any atom is 0.150 e. The van der Waals surface area contributed by atoms with Crippen LogP contribution in [0, 0.1) is 4.91 Å². The van der Waals surface area contributed by atoms with E-state index in [1.165, 1.54) is 0 Å². The maximum atomic E-state index is 10.3. The molecule has 68 valence electrons. The number of benzene rings is 1. The highest BCUT2D eigenvalue weighted by atomic mass is 16.3. The zero-order valence-electron chi connectivity index (χ0n) is 7.32. The third-order valence-electron chi connectivity index (χ3n) is 2.40. The molecular formula is C9H10N2O2. The summed E-state index contributed by atoms with van der Waals surface area (Å²) in [7, 11) is 1.96. The summed E-state index contributed by atoms with van der Waals surface area (Å²) in [6, 6.07) is 3.25. The Balaban J connectivity index is 2.56. The van der Waals surface area contributed by atoms with Crippen molar-refractivity contribution in [2.24, 2.45) is 5.18 Å². The summed E-state index contributed by atoms with van der Waals surface area (Å²) in [5.41, 5.74) is 2.20. The Morgan fingerprint density at radius 1 is 1.54 bits per heavy atom. The molecule has 1 aromatic rings.